The smallest absolute Gasteiger partial charge is 0.321 e. The molecule has 23 heavy (non-hydrogen) atoms. The number of para-hydroxylation sites is 2. The van der Waals surface area contributed by atoms with Gasteiger partial charge in [0.25, 0.3) is 0 Å². The van der Waals surface area contributed by atoms with Crippen molar-refractivity contribution in [3.05, 3.63) is 24.3 Å². The normalized spacial score (nSPS) is 12.4. The molecule has 124 valence electrons. The lowest BCUT2D eigenvalue weighted by Crippen LogP contribution is -2.41. The standard InChI is InChI=1S/C16H22N4O2S/c1-10(2)9-20-13-8-6-5-7-12(13)18-16(20)23-11(3)14(21)19-15(22)17-4/h5-8,10-11H,9H2,1-4H3,(H2,17,19,21,22). The van der Waals surface area contributed by atoms with Gasteiger partial charge in [-0.05, 0) is 25.0 Å². The largest absolute Gasteiger partial charge is 0.341 e. The van der Waals surface area contributed by atoms with Crippen LogP contribution in [0.25, 0.3) is 11.0 Å². The minimum Gasteiger partial charge on any atom is -0.341 e. The van der Waals surface area contributed by atoms with Gasteiger partial charge in [-0.3, -0.25) is 10.1 Å². The van der Waals surface area contributed by atoms with E-state index < -0.39 is 11.3 Å². The van der Waals surface area contributed by atoms with Crippen molar-refractivity contribution in [2.45, 2.75) is 37.7 Å². The maximum Gasteiger partial charge on any atom is 0.321 e. The molecule has 0 saturated carbocycles. The monoisotopic (exact) mass is 334 g/mol. The van der Waals surface area contributed by atoms with E-state index in [9.17, 15) is 9.59 Å². The number of aromatic nitrogens is 2. The molecule has 1 unspecified atom stereocenters. The highest BCUT2D eigenvalue weighted by Gasteiger charge is 2.21. The SMILES string of the molecule is CNC(=O)NC(=O)C(C)Sc1nc2ccccc2n1CC(C)C. The summed E-state index contributed by atoms with van der Waals surface area (Å²) in [6.45, 7) is 6.88. The summed E-state index contributed by atoms with van der Waals surface area (Å²) >= 11 is 1.36. The van der Waals surface area contributed by atoms with Crippen LogP contribution < -0.4 is 10.6 Å². The number of imide groups is 1. The number of amides is 3. The topological polar surface area (TPSA) is 76.0 Å². The highest BCUT2D eigenvalue weighted by atomic mass is 32.2. The lowest BCUT2D eigenvalue weighted by atomic mass is 10.2. The third-order valence-corrected chi connectivity index (χ3v) is 4.37. The Kier molecular flexibility index (Phi) is 5.65. The Bertz CT molecular complexity index is 711. The van der Waals surface area contributed by atoms with Gasteiger partial charge < -0.3 is 9.88 Å². The summed E-state index contributed by atoms with van der Waals surface area (Å²) in [7, 11) is 1.47. The summed E-state index contributed by atoms with van der Waals surface area (Å²) in [5.41, 5.74) is 1.97. The Balaban J connectivity index is 2.24. The number of imidazole rings is 1. The number of nitrogens with zero attached hydrogens (tertiary/aromatic N) is 2. The summed E-state index contributed by atoms with van der Waals surface area (Å²) in [5.74, 6) is 0.125. The Hall–Kier alpha value is -2.02. The number of carbonyl (C=O) groups is 2. The average molecular weight is 334 g/mol. The van der Waals surface area contributed by atoms with Gasteiger partial charge in [-0.15, -0.1) is 0 Å². The minimum absolute atomic E-state index is 0.336. The molecule has 1 heterocycles. The molecule has 2 N–H and O–H groups in total. The first-order chi connectivity index (χ1) is 10.9. The lowest BCUT2D eigenvalue weighted by molar-refractivity contribution is -0.119. The molecule has 7 heteroatoms. The minimum atomic E-state index is -0.502. The van der Waals surface area contributed by atoms with E-state index in [1.165, 1.54) is 18.8 Å². The number of rotatable bonds is 5. The Morgan fingerprint density at radius 1 is 1.26 bits per heavy atom. The molecule has 0 aliphatic carbocycles. The van der Waals surface area contributed by atoms with Crippen molar-refractivity contribution in [2.75, 3.05) is 7.05 Å². The molecule has 1 aromatic heterocycles. The number of benzene rings is 1. The van der Waals surface area contributed by atoms with Crippen LogP contribution in [0, 0.1) is 5.92 Å². The second-order valence-electron chi connectivity index (χ2n) is 5.72. The van der Waals surface area contributed by atoms with E-state index in [0.717, 1.165) is 22.7 Å². The van der Waals surface area contributed by atoms with E-state index in [1.54, 1.807) is 6.92 Å². The number of hydrogen-bond acceptors (Lipinski definition) is 4. The number of urea groups is 1. The van der Waals surface area contributed by atoms with Crippen molar-refractivity contribution in [3.63, 3.8) is 0 Å². The highest BCUT2D eigenvalue weighted by Crippen LogP contribution is 2.28. The maximum absolute atomic E-state index is 12.0. The molecule has 0 radical (unpaired) electrons. The summed E-state index contributed by atoms with van der Waals surface area (Å²) < 4.78 is 2.13. The number of thioether (sulfide) groups is 1. The quantitative estimate of drug-likeness (QED) is 0.824. The highest BCUT2D eigenvalue weighted by molar-refractivity contribution is 8.00. The molecule has 2 rings (SSSR count). The van der Waals surface area contributed by atoms with Crippen LogP contribution in [0.2, 0.25) is 0 Å². The van der Waals surface area contributed by atoms with E-state index >= 15 is 0 Å². The van der Waals surface area contributed by atoms with Crippen LogP contribution in [0.5, 0.6) is 0 Å². The first-order valence-corrected chi connectivity index (χ1v) is 8.44. The van der Waals surface area contributed by atoms with Gasteiger partial charge in [-0.2, -0.15) is 0 Å². The van der Waals surface area contributed by atoms with Crippen molar-refractivity contribution in [2.24, 2.45) is 5.92 Å². The van der Waals surface area contributed by atoms with E-state index in [1.807, 2.05) is 24.3 Å². The fraction of sp³-hybridized carbons (Fsp3) is 0.438. The lowest BCUT2D eigenvalue weighted by Gasteiger charge is -2.14. The zero-order valence-corrected chi connectivity index (χ0v) is 14.6. The van der Waals surface area contributed by atoms with Crippen molar-refractivity contribution in [1.82, 2.24) is 20.2 Å². The Labute approximate surface area is 140 Å². The molecule has 1 atom stereocenters. The average Bonchev–Trinajstić information content (AvgIpc) is 2.84. The second kappa shape index (κ2) is 7.50. The zero-order valence-electron chi connectivity index (χ0n) is 13.8. The maximum atomic E-state index is 12.0. The first-order valence-electron chi connectivity index (χ1n) is 7.57. The van der Waals surface area contributed by atoms with Crippen LogP contribution in [0.4, 0.5) is 4.79 Å². The van der Waals surface area contributed by atoms with Crippen molar-refractivity contribution in [3.8, 4) is 0 Å². The summed E-state index contributed by atoms with van der Waals surface area (Å²) in [6.07, 6.45) is 0. The molecule has 0 aliphatic heterocycles. The van der Waals surface area contributed by atoms with Crippen molar-refractivity contribution < 1.29 is 9.59 Å². The summed E-state index contributed by atoms with van der Waals surface area (Å²) in [5, 5.41) is 5.04. The molecule has 0 bridgehead atoms. The molecule has 0 spiro atoms. The van der Waals surface area contributed by atoms with Gasteiger partial charge in [0.05, 0.1) is 16.3 Å². The molecule has 1 aromatic carbocycles. The number of carbonyl (C=O) groups excluding carboxylic acids is 2. The van der Waals surface area contributed by atoms with Gasteiger partial charge in [0.15, 0.2) is 5.16 Å². The van der Waals surface area contributed by atoms with Crippen molar-refractivity contribution >= 4 is 34.7 Å². The van der Waals surface area contributed by atoms with Gasteiger partial charge in [-0.25, -0.2) is 9.78 Å². The van der Waals surface area contributed by atoms with Gasteiger partial charge in [0.2, 0.25) is 5.91 Å². The predicted octanol–water partition coefficient (Wildman–Crippen LogP) is 2.63. The molecular weight excluding hydrogens is 312 g/mol. The van der Waals surface area contributed by atoms with Crippen LogP contribution >= 0.6 is 11.8 Å². The fourth-order valence-electron chi connectivity index (χ4n) is 2.17. The summed E-state index contributed by atoms with van der Waals surface area (Å²) in [6, 6.07) is 7.43. The van der Waals surface area contributed by atoms with E-state index in [0.29, 0.717) is 5.92 Å². The van der Waals surface area contributed by atoms with E-state index in [-0.39, 0.29) is 5.91 Å². The van der Waals surface area contributed by atoms with Gasteiger partial charge in [-0.1, -0.05) is 37.7 Å². The molecule has 3 amide bonds. The second-order valence-corrected chi connectivity index (χ2v) is 7.02. The van der Waals surface area contributed by atoms with Crippen LogP contribution in [0.15, 0.2) is 29.4 Å². The van der Waals surface area contributed by atoms with Crippen LogP contribution in [-0.2, 0) is 11.3 Å². The van der Waals surface area contributed by atoms with Crippen molar-refractivity contribution in [1.29, 1.82) is 0 Å². The number of fused-ring (bicyclic) bond motifs is 1. The number of hydrogen-bond donors (Lipinski definition) is 2. The molecular formula is C16H22N4O2S. The molecule has 0 fully saturated rings. The fourth-order valence-corrected chi connectivity index (χ4v) is 3.11. The van der Waals surface area contributed by atoms with E-state index in [4.69, 9.17) is 0 Å². The first kappa shape index (κ1) is 17.3. The van der Waals surface area contributed by atoms with Gasteiger partial charge >= 0.3 is 6.03 Å². The van der Waals surface area contributed by atoms with Crippen LogP contribution in [-0.4, -0.2) is 33.8 Å². The third kappa shape index (κ3) is 4.25. The Morgan fingerprint density at radius 3 is 2.61 bits per heavy atom. The molecule has 0 saturated heterocycles. The zero-order chi connectivity index (χ0) is 17.0. The Morgan fingerprint density at radius 2 is 1.96 bits per heavy atom. The molecule has 0 aliphatic rings. The number of nitrogens with one attached hydrogen (secondary N) is 2. The van der Waals surface area contributed by atoms with Crippen LogP contribution in [0.1, 0.15) is 20.8 Å². The van der Waals surface area contributed by atoms with Crippen LogP contribution in [0.3, 0.4) is 0 Å². The van der Waals surface area contributed by atoms with E-state index in [2.05, 4.69) is 34.0 Å². The molecule has 6 nitrogen and oxygen atoms in total. The van der Waals surface area contributed by atoms with Gasteiger partial charge in [0, 0.05) is 13.6 Å². The predicted molar refractivity (Wildman–Crippen MR) is 92.5 cm³/mol. The molecule has 2 aromatic rings. The van der Waals surface area contributed by atoms with Gasteiger partial charge in [0.1, 0.15) is 0 Å². The summed E-state index contributed by atoms with van der Waals surface area (Å²) in [4.78, 5) is 27.9. The third-order valence-electron chi connectivity index (χ3n) is 3.28.